The van der Waals surface area contributed by atoms with Crippen molar-refractivity contribution in [2.45, 2.75) is 5.75 Å². The molecule has 26 heavy (non-hydrogen) atoms. The summed E-state index contributed by atoms with van der Waals surface area (Å²) < 4.78 is 27.5. The number of sulfonamides is 1. The average Bonchev–Trinajstić information content (AvgIpc) is 2.59. The van der Waals surface area contributed by atoms with Crippen LogP contribution >= 0.6 is 23.2 Å². The Morgan fingerprint density at radius 3 is 2.12 bits per heavy atom. The second kappa shape index (κ2) is 8.05. The number of piperazine rings is 1. The molecule has 2 aromatic carbocycles. The summed E-state index contributed by atoms with van der Waals surface area (Å²) in [6.45, 7) is 3.97. The Labute approximate surface area is 164 Å². The molecule has 0 aliphatic carbocycles. The van der Waals surface area contributed by atoms with Gasteiger partial charge in [-0.05, 0) is 43.4 Å². The van der Waals surface area contributed by atoms with Crippen LogP contribution in [0.1, 0.15) is 5.56 Å². The van der Waals surface area contributed by atoms with E-state index in [1.807, 2.05) is 12.1 Å². The molecule has 5 nitrogen and oxygen atoms in total. The van der Waals surface area contributed by atoms with E-state index in [0.29, 0.717) is 21.3 Å². The highest BCUT2D eigenvalue weighted by Crippen LogP contribution is 2.27. The molecule has 0 bridgehead atoms. The molecular formula is C18H21Cl2N3O2S. The van der Waals surface area contributed by atoms with Gasteiger partial charge >= 0.3 is 0 Å². The lowest BCUT2D eigenvalue weighted by atomic mass is 10.2. The van der Waals surface area contributed by atoms with Crippen molar-refractivity contribution in [1.82, 2.24) is 4.90 Å². The van der Waals surface area contributed by atoms with Crippen LogP contribution in [0.5, 0.6) is 0 Å². The van der Waals surface area contributed by atoms with E-state index in [0.717, 1.165) is 31.9 Å². The zero-order chi connectivity index (χ0) is 18.7. The fraction of sp³-hybridized carbons (Fsp3) is 0.333. The SMILES string of the molecule is CN1CCN(c2ccc(NS(=O)(=O)Cc3c(Cl)cccc3Cl)cc2)CC1. The number of benzene rings is 2. The zero-order valence-electron chi connectivity index (χ0n) is 14.5. The van der Waals surface area contributed by atoms with Crippen molar-refractivity contribution in [1.29, 1.82) is 0 Å². The maximum Gasteiger partial charge on any atom is 0.237 e. The predicted octanol–water partition coefficient (Wildman–Crippen LogP) is 3.69. The van der Waals surface area contributed by atoms with E-state index in [1.165, 1.54) is 0 Å². The molecule has 0 unspecified atom stereocenters. The third-order valence-electron chi connectivity index (χ3n) is 4.41. The standard InChI is InChI=1S/C18H21Cl2N3O2S/c1-22-9-11-23(12-10-22)15-7-5-14(6-8-15)21-26(24,25)13-16-17(19)3-2-4-18(16)20/h2-8,21H,9-13H2,1H3. The minimum atomic E-state index is -3.62. The van der Waals surface area contributed by atoms with Gasteiger partial charge in [-0.25, -0.2) is 8.42 Å². The van der Waals surface area contributed by atoms with Gasteiger partial charge in [-0.1, -0.05) is 29.3 Å². The van der Waals surface area contributed by atoms with Gasteiger partial charge in [-0.3, -0.25) is 4.72 Å². The Hall–Kier alpha value is -1.47. The van der Waals surface area contributed by atoms with Gasteiger partial charge < -0.3 is 9.80 Å². The zero-order valence-corrected chi connectivity index (χ0v) is 16.8. The van der Waals surface area contributed by atoms with E-state index in [2.05, 4.69) is 21.6 Å². The molecular weight excluding hydrogens is 393 g/mol. The van der Waals surface area contributed by atoms with Crippen LogP contribution in [0.4, 0.5) is 11.4 Å². The normalized spacial score (nSPS) is 15.9. The summed E-state index contributed by atoms with van der Waals surface area (Å²) in [6.07, 6.45) is 0. The molecule has 0 spiro atoms. The molecule has 1 aliphatic rings. The first-order valence-electron chi connectivity index (χ1n) is 8.31. The number of hydrogen-bond donors (Lipinski definition) is 1. The van der Waals surface area contributed by atoms with Crippen molar-refractivity contribution in [2.75, 3.05) is 42.8 Å². The molecule has 1 heterocycles. The smallest absolute Gasteiger partial charge is 0.237 e. The Morgan fingerprint density at radius 2 is 1.54 bits per heavy atom. The van der Waals surface area contributed by atoms with Gasteiger partial charge in [0, 0.05) is 53.2 Å². The fourth-order valence-electron chi connectivity index (χ4n) is 2.88. The second-order valence-corrected chi connectivity index (χ2v) is 8.94. The Bertz CT molecular complexity index is 844. The summed E-state index contributed by atoms with van der Waals surface area (Å²) in [5.41, 5.74) is 2.01. The average molecular weight is 414 g/mol. The highest BCUT2D eigenvalue weighted by Gasteiger charge is 2.18. The van der Waals surface area contributed by atoms with Crippen molar-refractivity contribution < 1.29 is 8.42 Å². The van der Waals surface area contributed by atoms with Crippen LogP contribution < -0.4 is 9.62 Å². The van der Waals surface area contributed by atoms with E-state index in [4.69, 9.17) is 23.2 Å². The van der Waals surface area contributed by atoms with Crippen LogP contribution in [-0.4, -0.2) is 46.5 Å². The van der Waals surface area contributed by atoms with Crippen LogP contribution in [-0.2, 0) is 15.8 Å². The van der Waals surface area contributed by atoms with E-state index < -0.39 is 10.0 Å². The van der Waals surface area contributed by atoms with Gasteiger partial charge in [0.1, 0.15) is 0 Å². The summed E-state index contributed by atoms with van der Waals surface area (Å²) in [5.74, 6) is -0.272. The van der Waals surface area contributed by atoms with E-state index >= 15 is 0 Å². The minimum absolute atomic E-state index is 0.272. The molecule has 2 aromatic rings. The number of rotatable bonds is 5. The largest absolute Gasteiger partial charge is 0.369 e. The number of hydrogen-bond acceptors (Lipinski definition) is 4. The van der Waals surface area contributed by atoms with Crippen molar-refractivity contribution in [3.8, 4) is 0 Å². The van der Waals surface area contributed by atoms with Gasteiger partial charge in [-0.15, -0.1) is 0 Å². The first-order chi connectivity index (χ1) is 12.3. The highest BCUT2D eigenvalue weighted by molar-refractivity contribution is 7.91. The Balaban J connectivity index is 1.68. The van der Waals surface area contributed by atoms with Crippen LogP contribution in [0.3, 0.4) is 0 Å². The summed E-state index contributed by atoms with van der Waals surface area (Å²) in [4.78, 5) is 4.58. The van der Waals surface area contributed by atoms with Gasteiger partial charge in [0.15, 0.2) is 0 Å². The Kier molecular flexibility index (Phi) is 5.97. The molecule has 1 aliphatic heterocycles. The summed E-state index contributed by atoms with van der Waals surface area (Å²) >= 11 is 12.1. The fourth-order valence-corrected chi connectivity index (χ4v) is 4.83. The van der Waals surface area contributed by atoms with Crippen LogP contribution in [0.15, 0.2) is 42.5 Å². The first kappa shape index (κ1) is 19.3. The van der Waals surface area contributed by atoms with Gasteiger partial charge in [-0.2, -0.15) is 0 Å². The summed E-state index contributed by atoms with van der Waals surface area (Å²) in [6, 6.07) is 12.4. The van der Waals surface area contributed by atoms with E-state index in [-0.39, 0.29) is 5.75 Å². The van der Waals surface area contributed by atoms with Crippen LogP contribution in [0.25, 0.3) is 0 Å². The lowest BCUT2D eigenvalue weighted by Crippen LogP contribution is -2.44. The molecule has 8 heteroatoms. The molecule has 0 atom stereocenters. The lowest BCUT2D eigenvalue weighted by Gasteiger charge is -2.34. The van der Waals surface area contributed by atoms with Crippen molar-refractivity contribution in [2.24, 2.45) is 0 Å². The first-order valence-corrected chi connectivity index (χ1v) is 10.7. The number of anilines is 2. The van der Waals surface area contributed by atoms with Crippen molar-refractivity contribution >= 4 is 44.6 Å². The minimum Gasteiger partial charge on any atom is -0.369 e. The van der Waals surface area contributed by atoms with E-state index in [1.54, 1.807) is 30.3 Å². The van der Waals surface area contributed by atoms with Gasteiger partial charge in [0.2, 0.25) is 10.0 Å². The Morgan fingerprint density at radius 1 is 0.962 bits per heavy atom. The number of nitrogens with zero attached hydrogens (tertiary/aromatic N) is 2. The quantitative estimate of drug-likeness (QED) is 0.811. The molecule has 0 saturated carbocycles. The van der Waals surface area contributed by atoms with E-state index in [9.17, 15) is 8.42 Å². The number of halogens is 2. The molecule has 140 valence electrons. The maximum atomic E-state index is 12.5. The molecule has 1 fully saturated rings. The summed E-state index contributed by atoms with van der Waals surface area (Å²) in [5, 5.41) is 0.682. The molecule has 0 radical (unpaired) electrons. The third-order valence-corrected chi connectivity index (χ3v) is 6.33. The maximum absolute atomic E-state index is 12.5. The van der Waals surface area contributed by atoms with Crippen LogP contribution in [0.2, 0.25) is 10.0 Å². The highest BCUT2D eigenvalue weighted by atomic mass is 35.5. The predicted molar refractivity (Wildman–Crippen MR) is 109 cm³/mol. The molecule has 0 amide bonds. The molecule has 1 N–H and O–H groups in total. The second-order valence-electron chi connectivity index (χ2n) is 6.40. The number of nitrogens with one attached hydrogen (secondary N) is 1. The van der Waals surface area contributed by atoms with Gasteiger partial charge in [0.05, 0.1) is 5.75 Å². The molecule has 0 aromatic heterocycles. The van der Waals surface area contributed by atoms with Crippen LogP contribution in [0, 0.1) is 0 Å². The van der Waals surface area contributed by atoms with Gasteiger partial charge in [0.25, 0.3) is 0 Å². The third kappa shape index (κ3) is 4.82. The lowest BCUT2D eigenvalue weighted by molar-refractivity contribution is 0.313. The number of likely N-dealkylation sites (N-methyl/N-ethyl adjacent to an activating group) is 1. The van der Waals surface area contributed by atoms with Crippen molar-refractivity contribution in [3.05, 3.63) is 58.1 Å². The monoisotopic (exact) mass is 413 g/mol. The topological polar surface area (TPSA) is 52.6 Å². The molecule has 1 saturated heterocycles. The summed E-state index contributed by atoms with van der Waals surface area (Å²) in [7, 11) is -1.51. The van der Waals surface area contributed by atoms with Crippen molar-refractivity contribution in [3.63, 3.8) is 0 Å². The molecule has 3 rings (SSSR count).